The van der Waals surface area contributed by atoms with Gasteiger partial charge >= 0.3 is 0 Å². The minimum absolute atomic E-state index is 0.121. The molecule has 33 heavy (non-hydrogen) atoms. The quantitative estimate of drug-likeness (QED) is 0.175. The Balaban J connectivity index is 1.45. The van der Waals surface area contributed by atoms with Crippen molar-refractivity contribution in [3.63, 3.8) is 0 Å². The number of aromatic hydroxyl groups is 1. The molecule has 2 N–H and O–H groups in total. The van der Waals surface area contributed by atoms with Crippen LogP contribution in [0.4, 0.5) is 0 Å². The number of hydrogen-bond acceptors (Lipinski definition) is 4. The number of ether oxygens (including phenoxy) is 1. The first kappa shape index (κ1) is 23.5. The first-order valence-corrected chi connectivity index (χ1v) is 12.2. The largest absolute Gasteiger partial charge is 0.507 e. The molecule has 0 aliphatic rings. The van der Waals surface area contributed by atoms with E-state index >= 15 is 0 Å². The second kappa shape index (κ2) is 10.5. The van der Waals surface area contributed by atoms with E-state index in [0.29, 0.717) is 16.8 Å². The number of hydrazone groups is 1. The third-order valence-electron chi connectivity index (χ3n) is 4.86. The van der Waals surface area contributed by atoms with E-state index in [1.807, 2.05) is 30.3 Å². The lowest BCUT2D eigenvalue weighted by molar-refractivity contribution is 0.0952. The fourth-order valence-corrected chi connectivity index (χ4v) is 5.09. The molecule has 0 aliphatic heterocycles. The maximum Gasteiger partial charge on any atom is 0.275 e. The van der Waals surface area contributed by atoms with Crippen LogP contribution in [0.25, 0.3) is 10.8 Å². The molecule has 0 bridgehead atoms. The average Bonchev–Trinajstić information content (AvgIpc) is 2.80. The third-order valence-corrected chi connectivity index (χ3v) is 6.53. The highest BCUT2D eigenvalue weighted by Crippen LogP contribution is 2.35. The molecule has 4 rings (SSSR count). The zero-order valence-electron chi connectivity index (χ0n) is 17.1. The van der Waals surface area contributed by atoms with Gasteiger partial charge in [-0.3, -0.25) is 4.79 Å². The molecule has 1 amide bonds. The third kappa shape index (κ3) is 5.63. The summed E-state index contributed by atoms with van der Waals surface area (Å²) in [4.78, 5) is 12.3. The van der Waals surface area contributed by atoms with Crippen molar-refractivity contribution < 1.29 is 14.6 Å². The minimum atomic E-state index is -0.516. The molecule has 0 fully saturated rings. The van der Waals surface area contributed by atoms with Gasteiger partial charge in [-0.2, -0.15) is 5.10 Å². The van der Waals surface area contributed by atoms with E-state index in [4.69, 9.17) is 4.74 Å². The van der Waals surface area contributed by atoms with Gasteiger partial charge in [-0.05, 0) is 84.1 Å². The van der Waals surface area contributed by atoms with Crippen molar-refractivity contribution in [2.75, 3.05) is 0 Å². The van der Waals surface area contributed by atoms with Gasteiger partial charge in [0.25, 0.3) is 5.91 Å². The molecule has 0 spiro atoms. The summed E-state index contributed by atoms with van der Waals surface area (Å²) in [5.41, 5.74) is 4.38. The Kier molecular flexibility index (Phi) is 7.47. The highest BCUT2D eigenvalue weighted by atomic mass is 79.9. The molecule has 0 saturated heterocycles. The molecule has 5 nitrogen and oxygen atoms in total. The van der Waals surface area contributed by atoms with Gasteiger partial charge < -0.3 is 9.84 Å². The minimum Gasteiger partial charge on any atom is -0.507 e. The molecule has 166 valence electrons. The number of carbonyl (C=O) groups excluding carboxylic acids is 1. The van der Waals surface area contributed by atoms with E-state index in [2.05, 4.69) is 82.6 Å². The molecule has 4 aromatic carbocycles. The predicted molar refractivity (Wildman–Crippen MR) is 141 cm³/mol. The van der Waals surface area contributed by atoms with Crippen LogP contribution in [0.5, 0.6) is 11.5 Å². The molecule has 0 aromatic heterocycles. The van der Waals surface area contributed by atoms with E-state index in [-0.39, 0.29) is 11.3 Å². The molecule has 0 atom stereocenters. The lowest BCUT2D eigenvalue weighted by atomic mass is 10.1. The Hall–Kier alpha value is -2.68. The normalized spacial score (nSPS) is 11.1. The Bertz CT molecular complexity index is 1340. The van der Waals surface area contributed by atoms with Crippen molar-refractivity contribution in [1.82, 2.24) is 5.43 Å². The van der Waals surface area contributed by atoms with Crippen LogP contribution < -0.4 is 10.2 Å². The lowest BCUT2D eigenvalue weighted by Gasteiger charge is -2.13. The molecule has 0 heterocycles. The van der Waals surface area contributed by atoms with Gasteiger partial charge in [-0.1, -0.05) is 58.4 Å². The highest BCUT2D eigenvalue weighted by molar-refractivity contribution is 9.11. The first-order chi connectivity index (χ1) is 15.9. The van der Waals surface area contributed by atoms with Gasteiger partial charge in [-0.25, -0.2) is 5.43 Å². The number of nitrogens with zero attached hydrogens (tertiary/aromatic N) is 1. The van der Waals surface area contributed by atoms with Gasteiger partial charge in [0.1, 0.15) is 18.1 Å². The molecule has 0 radical (unpaired) electrons. The lowest BCUT2D eigenvalue weighted by Crippen LogP contribution is -2.17. The predicted octanol–water partition coefficient (Wildman–Crippen LogP) is 7.18. The second-order valence-electron chi connectivity index (χ2n) is 7.10. The first-order valence-electron chi connectivity index (χ1n) is 9.83. The Morgan fingerprint density at radius 1 is 0.970 bits per heavy atom. The van der Waals surface area contributed by atoms with E-state index in [1.165, 1.54) is 23.7 Å². The number of halogens is 3. The van der Waals surface area contributed by atoms with E-state index < -0.39 is 5.91 Å². The molecule has 0 unspecified atom stereocenters. The summed E-state index contributed by atoms with van der Waals surface area (Å²) in [6, 6.07) is 22.6. The van der Waals surface area contributed by atoms with Crippen LogP contribution in [0.15, 0.2) is 91.3 Å². The van der Waals surface area contributed by atoms with Crippen molar-refractivity contribution in [3.05, 3.63) is 103 Å². The van der Waals surface area contributed by atoms with Gasteiger partial charge in [0.15, 0.2) is 0 Å². The van der Waals surface area contributed by atoms with Crippen molar-refractivity contribution in [2.24, 2.45) is 5.10 Å². The standard InChI is InChI=1S/C25H17Br3N2O3/c26-18-8-9-23(31)20(12-18)25(32)30-29-13-15-10-21(27)24(22(28)11-15)33-14-17-6-3-5-16-4-1-2-7-19(16)17/h1-13,31H,14H2,(H,30,32)/b29-13+. The number of carbonyl (C=O) groups is 1. The van der Waals surface area contributed by atoms with Crippen LogP contribution in [0.2, 0.25) is 0 Å². The summed E-state index contributed by atoms with van der Waals surface area (Å²) in [5.74, 6) is 0.0329. The molecule has 0 saturated carbocycles. The summed E-state index contributed by atoms with van der Waals surface area (Å²) >= 11 is 10.4. The average molecular weight is 633 g/mol. The fourth-order valence-electron chi connectivity index (χ4n) is 3.28. The molecule has 8 heteroatoms. The molecular weight excluding hydrogens is 616 g/mol. The summed E-state index contributed by atoms with van der Waals surface area (Å²) in [7, 11) is 0. The number of benzene rings is 4. The number of nitrogens with one attached hydrogen (secondary N) is 1. The second-order valence-corrected chi connectivity index (χ2v) is 9.73. The van der Waals surface area contributed by atoms with Crippen molar-refractivity contribution in [1.29, 1.82) is 0 Å². The topological polar surface area (TPSA) is 70.9 Å². The van der Waals surface area contributed by atoms with Crippen molar-refractivity contribution in [3.8, 4) is 11.5 Å². The zero-order chi connectivity index (χ0) is 23.4. The number of hydrogen-bond donors (Lipinski definition) is 2. The molecule has 4 aromatic rings. The summed E-state index contributed by atoms with van der Waals surface area (Å²) < 4.78 is 8.27. The van der Waals surface area contributed by atoms with Gasteiger partial charge in [0, 0.05) is 4.47 Å². The monoisotopic (exact) mass is 630 g/mol. The number of amides is 1. The SMILES string of the molecule is O=C(N/N=C/c1cc(Br)c(OCc2cccc3ccccc23)c(Br)c1)c1cc(Br)ccc1O. The fraction of sp³-hybridized carbons (Fsp3) is 0.0400. The van der Waals surface area contributed by atoms with Gasteiger partial charge in [0.05, 0.1) is 20.7 Å². The van der Waals surface area contributed by atoms with Crippen molar-refractivity contribution in [2.45, 2.75) is 6.61 Å². The van der Waals surface area contributed by atoms with E-state index in [1.54, 1.807) is 6.07 Å². The number of rotatable bonds is 6. The maximum atomic E-state index is 12.3. The van der Waals surface area contributed by atoms with Crippen LogP contribution in [0.1, 0.15) is 21.5 Å². The molecular formula is C25H17Br3N2O3. The van der Waals surface area contributed by atoms with Crippen LogP contribution >= 0.6 is 47.8 Å². The van der Waals surface area contributed by atoms with Crippen LogP contribution in [0, 0.1) is 0 Å². The number of phenols is 1. The summed E-state index contributed by atoms with van der Waals surface area (Å²) in [6.07, 6.45) is 1.51. The van der Waals surface area contributed by atoms with Crippen LogP contribution in [-0.2, 0) is 6.61 Å². The Morgan fingerprint density at radius 3 is 2.48 bits per heavy atom. The summed E-state index contributed by atoms with van der Waals surface area (Å²) in [5, 5.41) is 16.2. The van der Waals surface area contributed by atoms with E-state index in [9.17, 15) is 9.90 Å². The van der Waals surface area contributed by atoms with Gasteiger partial charge in [0.2, 0.25) is 0 Å². The highest BCUT2D eigenvalue weighted by Gasteiger charge is 2.12. The summed E-state index contributed by atoms with van der Waals surface area (Å²) in [6.45, 7) is 0.415. The number of fused-ring (bicyclic) bond motifs is 1. The number of phenolic OH excluding ortho intramolecular Hbond substituents is 1. The van der Waals surface area contributed by atoms with Gasteiger partial charge in [-0.15, -0.1) is 0 Å². The van der Waals surface area contributed by atoms with Crippen LogP contribution in [-0.4, -0.2) is 17.2 Å². The smallest absolute Gasteiger partial charge is 0.275 e. The van der Waals surface area contributed by atoms with E-state index in [0.717, 1.165) is 25.5 Å². The molecule has 0 aliphatic carbocycles. The van der Waals surface area contributed by atoms with Crippen LogP contribution in [0.3, 0.4) is 0 Å². The Morgan fingerprint density at radius 2 is 1.70 bits per heavy atom. The Labute approximate surface area is 215 Å². The zero-order valence-corrected chi connectivity index (χ0v) is 21.8. The maximum absolute atomic E-state index is 12.3. The van der Waals surface area contributed by atoms with Crippen molar-refractivity contribution >= 4 is 70.7 Å².